The van der Waals surface area contributed by atoms with E-state index in [4.69, 9.17) is 0 Å². The molecule has 1 aromatic carbocycles. The Bertz CT molecular complexity index is 695. The number of carbonyl (C=O) groups excluding carboxylic acids is 1. The number of carbonyl (C=O) groups is 1. The highest BCUT2D eigenvalue weighted by molar-refractivity contribution is 7.98. The molecule has 1 amide bonds. The van der Waals surface area contributed by atoms with Gasteiger partial charge < -0.3 is 15.0 Å². The van der Waals surface area contributed by atoms with E-state index in [2.05, 4.69) is 29.4 Å². The maximum atomic E-state index is 12.1. The van der Waals surface area contributed by atoms with Crippen LogP contribution in [0.2, 0.25) is 0 Å². The molecule has 0 unspecified atom stereocenters. The van der Waals surface area contributed by atoms with Gasteiger partial charge in [0.1, 0.15) is 6.54 Å². The molecule has 0 saturated heterocycles. The van der Waals surface area contributed by atoms with Crippen LogP contribution in [0.3, 0.4) is 0 Å². The number of thioether (sulfide) groups is 1. The Morgan fingerprint density at radius 3 is 2.91 bits per heavy atom. The lowest BCUT2D eigenvalue weighted by atomic mass is 10.1. The molecule has 1 aliphatic rings. The smallest absolute Gasteiger partial charge is 0.240 e. The Labute approximate surface area is 140 Å². The van der Waals surface area contributed by atoms with Crippen molar-refractivity contribution in [3.8, 4) is 0 Å². The minimum absolute atomic E-state index is 0.0158. The fourth-order valence-electron chi connectivity index (χ4n) is 2.36. The molecule has 3 rings (SSSR count). The predicted molar refractivity (Wildman–Crippen MR) is 90.1 cm³/mol. The van der Waals surface area contributed by atoms with E-state index >= 15 is 0 Å². The first-order valence-corrected chi connectivity index (χ1v) is 8.78. The maximum Gasteiger partial charge on any atom is 0.240 e. The second kappa shape index (κ2) is 7.19. The highest BCUT2D eigenvalue weighted by Gasteiger charge is 2.24. The number of nitrogens with one attached hydrogen (secondary N) is 1. The Hall–Kier alpha value is -1.79. The van der Waals surface area contributed by atoms with Gasteiger partial charge in [0.05, 0.1) is 18.5 Å². The number of amides is 1. The molecule has 2 N–H and O–H groups in total. The van der Waals surface area contributed by atoms with Crippen LogP contribution in [0.4, 0.5) is 0 Å². The van der Waals surface area contributed by atoms with Crippen molar-refractivity contribution in [3.05, 3.63) is 47.3 Å². The van der Waals surface area contributed by atoms with Gasteiger partial charge in [-0.25, -0.2) is 4.98 Å². The third kappa shape index (κ3) is 4.14. The van der Waals surface area contributed by atoms with Crippen LogP contribution in [0.1, 0.15) is 29.7 Å². The molecule has 122 valence electrons. The van der Waals surface area contributed by atoms with Crippen molar-refractivity contribution in [2.75, 3.05) is 0 Å². The zero-order valence-corrected chi connectivity index (χ0v) is 14.0. The standard InChI is InChI=1S/C17H21N3O2S/c1-12-4-2-3-5-13(12)11-23-17-18-8-15(10-21)20(17)9-16(22)19-14-6-7-14/h2-5,8,14,21H,6-7,9-11H2,1H3,(H,19,22). The van der Waals surface area contributed by atoms with Crippen molar-refractivity contribution in [3.63, 3.8) is 0 Å². The number of imidazole rings is 1. The molecule has 0 atom stereocenters. The van der Waals surface area contributed by atoms with E-state index in [0.717, 1.165) is 23.8 Å². The van der Waals surface area contributed by atoms with Crippen molar-refractivity contribution in [1.29, 1.82) is 0 Å². The monoisotopic (exact) mass is 331 g/mol. The van der Waals surface area contributed by atoms with Gasteiger partial charge in [0.25, 0.3) is 0 Å². The molecule has 1 fully saturated rings. The van der Waals surface area contributed by atoms with Crippen LogP contribution in [-0.4, -0.2) is 26.6 Å². The zero-order chi connectivity index (χ0) is 16.2. The molecule has 1 saturated carbocycles. The number of aliphatic hydroxyl groups is 1. The number of hydrogen-bond donors (Lipinski definition) is 2. The third-order valence-electron chi connectivity index (χ3n) is 3.93. The zero-order valence-electron chi connectivity index (χ0n) is 13.2. The lowest BCUT2D eigenvalue weighted by molar-refractivity contribution is -0.122. The van der Waals surface area contributed by atoms with Gasteiger partial charge >= 0.3 is 0 Å². The van der Waals surface area contributed by atoms with Crippen LogP contribution in [0.15, 0.2) is 35.6 Å². The molecule has 1 aliphatic carbocycles. The van der Waals surface area contributed by atoms with Crippen molar-refractivity contribution < 1.29 is 9.90 Å². The van der Waals surface area contributed by atoms with Gasteiger partial charge in [-0.3, -0.25) is 4.79 Å². The van der Waals surface area contributed by atoms with Gasteiger partial charge in [-0.2, -0.15) is 0 Å². The first kappa shape index (κ1) is 16.1. The van der Waals surface area contributed by atoms with Crippen LogP contribution in [0, 0.1) is 6.92 Å². The Morgan fingerprint density at radius 2 is 2.22 bits per heavy atom. The molecule has 23 heavy (non-hydrogen) atoms. The van der Waals surface area contributed by atoms with E-state index in [1.807, 2.05) is 12.1 Å². The minimum Gasteiger partial charge on any atom is -0.390 e. The van der Waals surface area contributed by atoms with E-state index in [1.165, 1.54) is 11.1 Å². The van der Waals surface area contributed by atoms with Gasteiger partial charge in [-0.1, -0.05) is 36.0 Å². The summed E-state index contributed by atoms with van der Waals surface area (Å²) in [6.45, 7) is 2.18. The number of nitrogens with zero attached hydrogens (tertiary/aromatic N) is 2. The van der Waals surface area contributed by atoms with Gasteiger partial charge in [0.2, 0.25) is 5.91 Å². The van der Waals surface area contributed by atoms with E-state index in [0.29, 0.717) is 11.7 Å². The topological polar surface area (TPSA) is 67.2 Å². The average Bonchev–Trinajstić information content (AvgIpc) is 3.27. The summed E-state index contributed by atoms with van der Waals surface area (Å²) >= 11 is 1.59. The number of aryl methyl sites for hydroxylation is 1. The van der Waals surface area contributed by atoms with E-state index < -0.39 is 0 Å². The summed E-state index contributed by atoms with van der Waals surface area (Å²) in [7, 11) is 0. The Balaban J connectivity index is 1.69. The van der Waals surface area contributed by atoms with Gasteiger partial charge in [0.15, 0.2) is 5.16 Å². The molecular weight excluding hydrogens is 310 g/mol. The maximum absolute atomic E-state index is 12.1. The highest BCUT2D eigenvalue weighted by atomic mass is 32.2. The van der Waals surface area contributed by atoms with E-state index in [9.17, 15) is 9.90 Å². The Kier molecular flexibility index (Phi) is 5.03. The summed E-state index contributed by atoms with van der Waals surface area (Å²) in [5.41, 5.74) is 3.16. The summed E-state index contributed by atoms with van der Waals surface area (Å²) in [5.74, 6) is 0.775. The van der Waals surface area contributed by atoms with Gasteiger partial charge in [0, 0.05) is 11.8 Å². The largest absolute Gasteiger partial charge is 0.390 e. The molecule has 1 aromatic heterocycles. The van der Waals surface area contributed by atoms with Gasteiger partial charge in [-0.15, -0.1) is 0 Å². The number of hydrogen-bond acceptors (Lipinski definition) is 4. The van der Waals surface area contributed by atoms with Gasteiger partial charge in [-0.05, 0) is 30.9 Å². The number of rotatable bonds is 7. The molecule has 0 aliphatic heterocycles. The number of aliphatic hydroxyl groups excluding tert-OH is 1. The molecule has 0 spiro atoms. The lowest BCUT2D eigenvalue weighted by Gasteiger charge is -2.11. The quantitative estimate of drug-likeness (QED) is 0.764. The number of aromatic nitrogens is 2. The summed E-state index contributed by atoms with van der Waals surface area (Å²) in [4.78, 5) is 16.4. The van der Waals surface area contributed by atoms with Crippen LogP contribution < -0.4 is 5.32 Å². The third-order valence-corrected chi connectivity index (χ3v) is 4.97. The molecule has 0 bridgehead atoms. The molecular formula is C17H21N3O2S. The van der Waals surface area contributed by atoms with E-state index in [1.54, 1.807) is 22.5 Å². The molecule has 5 nitrogen and oxygen atoms in total. The Morgan fingerprint density at radius 1 is 1.43 bits per heavy atom. The lowest BCUT2D eigenvalue weighted by Crippen LogP contribution is -2.30. The summed E-state index contributed by atoms with van der Waals surface area (Å²) < 4.78 is 1.81. The summed E-state index contributed by atoms with van der Waals surface area (Å²) in [5, 5.41) is 13.2. The molecule has 0 radical (unpaired) electrons. The second-order valence-corrected chi connectivity index (χ2v) is 6.78. The van der Waals surface area contributed by atoms with Crippen molar-refractivity contribution >= 4 is 17.7 Å². The van der Waals surface area contributed by atoms with Crippen LogP contribution >= 0.6 is 11.8 Å². The summed E-state index contributed by atoms with van der Waals surface area (Å²) in [6, 6.07) is 8.58. The van der Waals surface area contributed by atoms with Crippen LogP contribution in [-0.2, 0) is 23.7 Å². The average molecular weight is 331 g/mol. The summed E-state index contributed by atoms with van der Waals surface area (Å²) in [6.07, 6.45) is 3.78. The SMILES string of the molecule is Cc1ccccc1CSc1ncc(CO)n1CC(=O)NC1CC1. The van der Waals surface area contributed by atoms with Crippen molar-refractivity contribution in [2.45, 2.75) is 49.9 Å². The predicted octanol–water partition coefficient (Wildman–Crippen LogP) is 2.25. The first-order valence-electron chi connectivity index (χ1n) is 7.79. The fourth-order valence-corrected chi connectivity index (χ4v) is 3.43. The van der Waals surface area contributed by atoms with E-state index in [-0.39, 0.29) is 19.1 Å². The van der Waals surface area contributed by atoms with Crippen molar-refractivity contribution in [2.24, 2.45) is 0 Å². The van der Waals surface area contributed by atoms with Crippen LogP contribution in [0.25, 0.3) is 0 Å². The molecule has 6 heteroatoms. The molecule has 2 aromatic rings. The van der Waals surface area contributed by atoms with Crippen LogP contribution in [0.5, 0.6) is 0 Å². The fraction of sp³-hybridized carbons (Fsp3) is 0.412. The van der Waals surface area contributed by atoms with Crippen molar-refractivity contribution in [1.82, 2.24) is 14.9 Å². The molecule has 1 heterocycles. The first-order chi connectivity index (χ1) is 11.2. The minimum atomic E-state index is -0.116. The second-order valence-electron chi connectivity index (χ2n) is 5.83. The normalized spacial score (nSPS) is 14.0. The number of benzene rings is 1. The highest BCUT2D eigenvalue weighted by Crippen LogP contribution is 2.25.